The Bertz CT molecular complexity index is 856. The number of ether oxygens (including phenoxy) is 1. The van der Waals surface area contributed by atoms with Crippen molar-refractivity contribution in [1.29, 1.82) is 0 Å². The molecular formula is C20H21N3O2. The first-order valence-electron chi connectivity index (χ1n) is 8.18. The normalized spacial score (nSPS) is 10.5. The molecule has 1 amide bonds. The maximum absolute atomic E-state index is 12.2. The SMILES string of the molecule is Cc1cccc(OCC(=O)Nc2ccnn2Cc2ccccc2)c1C. The molecule has 0 saturated carbocycles. The number of nitrogens with zero attached hydrogens (tertiary/aromatic N) is 2. The van der Waals surface area contributed by atoms with E-state index in [9.17, 15) is 4.79 Å². The minimum Gasteiger partial charge on any atom is -0.483 e. The van der Waals surface area contributed by atoms with E-state index in [0.29, 0.717) is 12.4 Å². The van der Waals surface area contributed by atoms with Gasteiger partial charge in [-0.2, -0.15) is 5.10 Å². The lowest BCUT2D eigenvalue weighted by Gasteiger charge is -2.12. The molecule has 0 unspecified atom stereocenters. The molecule has 0 bridgehead atoms. The predicted octanol–water partition coefficient (Wildman–Crippen LogP) is 3.57. The van der Waals surface area contributed by atoms with E-state index in [0.717, 1.165) is 22.4 Å². The van der Waals surface area contributed by atoms with Crippen LogP contribution in [0.2, 0.25) is 0 Å². The van der Waals surface area contributed by atoms with Crippen LogP contribution in [0.4, 0.5) is 5.82 Å². The van der Waals surface area contributed by atoms with Gasteiger partial charge in [0.1, 0.15) is 11.6 Å². The van der Waals surface area contributed by atoms with Gasteiger partial charge in [-0.15, -0.1) is 0 Å². The Labute approximate surface area is 147 Å². The molecule has 2 aromatic carbocycles. The highest BCUT2D eigenvalue weighted by atomic mass is 16.5. The summed E-state index contributed by atoms with van der Waals surface area (Å²) in [6, 6.07) is 17.6. The van der Waals surface area contributed by atoms with E-state index in [4.69, 9.17) is 4.74 Å². The summed E-state index contributed by atoms with van der Waals surface area (Å²) < 4.78 is 7.40. The first kappa shape index (κ1) is 16.8. The number of hydrogen-bond donors (Lipinski definition) is 1. The van der Waals surface area contributed by atoms with Crippen molar-refractivity contribution in [3.63, 3.8) is 0 Å². The van der Waals surface area contributed by atoms with Crippen molar-refractivity contribution in [2.75, 3.05) is 11.9 Å². The number of rotatable bonds is 6. The van der Waals surface area contributed by atoms with Crippen LogP contribution in [0.1, 0.15) is 16.7 Å². The molecular weight excluding hydrogens is 314 g/mol. The maximum Gasteiger partial charge on any atom is 0.263 e. The Morgan fingerprint density at radius 2 is 1.88 bits per heavy atom. The van der Waals surface area contributed by atoms with Crippen LogP contribution < -0.4 is 10.1 Å². The van der Waals surface area contributed by atoms with Crippen molar-refractivity contribution in [1.82, 2.24) is 9.78 Å². The van der Waals surface area contributed by atoms with Crippen LogP contribution in [0.25, 0.3) is 0 Å². The summed E-state index contributed by atoms with van der Waals surface area (Å²) in [4.78, 5) is 12.2. The molecule has 3 rings (SSSR count). The number of amides is 1. The van der Waals surface area contributed by atoms with Gasteiger partial charge < -0.3 is 10.1 Å². The highest BCUT2D eigenvalue weighted by Gasteiger charge is 2.10. The zero-order valence-corrected chi connectivity index (χ0v) is 14.4. The van der Waals surface area contributed by atoms with Gasteiger partial charge in [-0.05, 0) is 36.6 Å². The lowest BCUT2D eigenvalue weighted by atomic mass is 10.1. The third-order valence-corrected chi connectivity index (χ3v) is 4.07. The first-order chi connectivity index (χ1) is 12.1. The quantitative estimate of drug-likeness (QED) is 0.749. The van der Waals surface area contributed by atoms with Crippen molar-refractivity contribution < 1.29 is 9.53 Å². The molecule has 0 saturated heterocycles. The largest absolute Gasteiger partial charge is 0.483 e. The van der Waals surface area contributed by atoms with E-state index in [1.165, 1.54) is 0 Å². The topological polar surface area (TPSA) is 56.1 Å². The van der Waals surface area contributed by atoms with Crippen LogP contribution in [0.15, 0.2) is 60.8 Å². The number of anilines is 1. The first-order valence-corrected chi connectivity index (χ1v) is 8.18. The van der Waals surface area contributed by atoms with Crippen molar-refractivity contribution in [2.24, 2.45) is 0 Å². The fourth-order valence-corrected chi connectivity index (χ4v) is 2.52. The Morgan fingerprint density at radius 1 is 1.08 bits per heavy atom. The Hall–Kier alpha value is -3.08. The molecule has 0 radical (unpaired) electrons. The number of aromatic nitrogens is 2. The summed E-state index contributed by atoms with van der Waals surface area (Å²) in [5.74, 6) is 1.17. The third kappa shape index (κ3) is 4.26. The molecule has 0 aliphatic carbocycles. The number of carbonyl (C=O) groups is 1. The molecule has 1 N–H and O–H groups in total. The van der Waals surface area contributed by atoms with Crippen LogP contribution in [-0.4, -0.2) is 22.3 Å². The number of nitrogens with one attached hydrogen (secondary N) is 1. The molecule has 128 valence electrons. The zero-order chi connectivity index (χ0) is 17.6. The standard InChI is InChI=1S/C20H21N3O2/c1-15-7-6-10-18(16(15)2)25-14-20(24)22-19-11-12-21-23(19)13-17-8-4-3-5-9-17/h3-12H,13-14H2,1-2H3,(H,22,24). The third-order valence-electron chi connectivity index (χ3n) is 4.07. The maximum atomic E-state index is 12.2. The average Bonchev–Trinajstić information content (AvgIpc) is 3.04. The average molecular weight is 335 g/mol. The summed E-state index contributed by atoms with van der Waals surface area (Å²) in [5.41, 5.74) is 3.30. The minimum absolute atomic E-state index is 0.0409. The van der Waals surface area contributed by atoms with Crippen LogP contribution in [0, 0.1) is 13.8 Å². The number of carbonyl (C=O) groups excluding carboxylic acids is 1. The van der Waals surface area contributed by atoms with Crippen LogP contribution >= 0.6 is 0 Å². The molecule has 0 fully saturated rings. The zero-order valence-electron chi connectivity index (χ0n) is 14.4. The van der Waals surface area contributed by atoms with Gasteiger partial charge in [0, 0.05) is 6.07 Å². The van der Waals surface area contributed by atoms with E-state index >= 15 is 0 Å². The van der Waals surface area contributed by atoms with E-state index in [1.807, 2.05) is 62.4 Å². The summed E-state index contributed by atoms with van der Waals surface area (Å²) in [6.07, 6.45) is 1.67. The molecule has 1 heterocycles. The molecule has 0 aliphatic heterocycles. The monoisotopic (exact) mass is 335 g/mol. The van der Waals surface area contributed by atoms with E-state index < -0.39 is 0 Å². The van der Waals surface area contributed by atoms with Gasteiger partial charge in [0.2, 0.25) is 0 Å². The van der Waals surface area contributed by atoms with Crippen molar-refractivity contribution >= 4 is 11.7 Å². The van der Waals surface area contributed by atoms with Gasteiger partial charge in [0.05, 0.1) is 12.7 Å². The lowest BCUT2D eigenvalue weighted by molar-refractivity contribution is -0.118. The van der Waals surface area contributed by atoms with Crippen LogP contribution in [0.3, 0.4) is 0 Å². The van der Waals surface area contributed by atoms with Crippen LogP contribution in [0.5, 0.6) is 5.75 Å². The molecule has 25 heavy (non-hydrogen) atoms. The fraction of sp³-hybridized carbons (Fsp3) is 0.200. The van der Waals surface area contributed by atoms with Crippen LogP contribution in [-0.2, 0) is 11.3 Å². The van der Waals surface area contributed by atoms with Gasteiger partial charge in [-0.1, -0.05) is 42.5 Å². The van der Waals surface area contributed by atoms with E-state index in [-0.39, 0.29) is 12.5 Å². The predicted molar refractivity (Wildman–Crippen MR) is 97.8 cm³/mol. The highest BCUT2D eigenvalue weighted by molar-refractivity contribution is 5.91. The van der Waals surface area contributed by atoms with Gasteiger partial charge in [-0.3, -0.25) is 4.79 Å². The smallest absolute Gasteiger partial charge is 0.263 e. The van der Waals surface area contributed by atoms with Crippen molar-refractivity contribution in [3.8, 4) is 5.75 Å². The Balaban J connectivity index is 1.60. The second-order valence-corrected chi connectivity index (χ2v) is 5.89. The summed E-state index contributed by atoms with van der Waals surface area (Å²) in [7, 11) is 0. The van der Waals surface area contributed by atoms with E-state index in [2.05, 4.69) is 10.4 Å². The van der Waals surface area contributed by atoms with Gasteiger partial charge in [0.25, 0.3) is 5.91 Å². The molecule has 5 heteroatoms. The molecule has 5 nitrogen and oxygen atoms in total. The van der Waals surface area contributed by atoms with Gasteiger partial charge in [-0.25, -0.2) is 4.68 Å². The van der Waals surface area contributed by atoms with Crippen molar-refractivity contribution in [3.05, 3.63) is 77.5 Å². The molecule has 0 aliphatic rings. The molecule has 3 aromatic rings. The number of benzene rings is 2. The number of hydrogen-bond acceptors (Lipinski definition) is 3. The summed E-state index contributed by atoms with van der Waals surface area (Å²) in [5, 5.41) is 7.12. The van der Waals surface area contributed by atoms with Gasteiger partial charge >= 0.3 is 0 Å². The Kier molecular flexibility index (Phi) is 5.14. The highest BCUT2D eigenvalue weighted by Crippen LogP contribution is 2.20. The summed E-state index contributed by atoms with van der Waals surface area (Å²) in [6.45, 7) is 4.56. The number of aryl methyl sites for hydroxylation is 1. The molecule has 1 aromatic heterocycles. The molecule has 0 spiro atoms. The van der Waals surface area contributed by atoms with Gasteiger partial charge in [0.15, 0.2) is 6.61 Å². The molecule has 0 atom stereocenters. The lowest BCUT2D eigenvalue weighted by Crippen LogP contribution is -2.22. The second kappa shape index (κ2) is 7.66. The fourth-order valence-electron chi connectivity index (χ4n) is 2.52. The minimum atomic E-state index is -0.212. The summed E-state index contributed by atoms with van der Waals surface area (Å²) >= 11 is 0. The second-order valence-electron chi connectivity index (χ2n) is 5.89. The Morgan fingerprint density at radius 3 is 2.68 bits per heavy atom. The van der Waals surface area contributed by atoms with E-state index in [1.54, 1.807) is 16.9 Å². The van der Waals surface area contributed by atoms with Crippen molar-refractivity contribution in [2.45, 2.75) is 20.4 Å².